The van der Waals surface area contributed by atoms with E-state index in [0.29, 0.717) is 39.4 Å². The second-order valence-corrected chi connectivity index (χ2v) is 4.08. The summed E-state index contributed by atoms with van der Waals surface area (Å²) in [6.45, 7) is 7.06. The number of rotatable bonds is 2. The minimum atomic E-state index is -0.0916. The highest BCUT2D eigenvalue weighted by molar-refractivity contribution is 5.90. The van der Waals surface area contributed by atoms with Gasteiger partial charge in [-0.1, -0.05) is 6.58 Å². The highest BCUT2D eigenvalue weighted by Gasteiger charge is 2.37. The van der Waals surface area contributed by atoms with Crippen molar-refractivity contribution in [3.05, 3.63) is 12.7 Å². The Morgan fingerprint density at radius 3 is 2.38 bits per heavy atom. The maximum atomic E-state index is 11.9. The number of nitrogens with zero attached hydrogens (tertiary/aromatic N) is 2. The first-order valence-electron chi connectivity index (χ1n) is 5.50. The zero-order valence-corrected chi connectivity index (χ0v) is 9.22. The van der Waals surface area contributed by atoms with Gasteiger partial charge in [0, 0.05) is 26.2 Å². The van der Waals surface area contributed by atoms with Gasteiger partial charge in [0.25, 0.3) is 0 Å². The molecule has 0 unspecified atom stereocenters. The molecule has 0 spiro atoms. The Labute approximate surface area is 94.6 Å². The zero-order chi connectivity index (χ0) is 11.5. The summed E-state index contributed by atoms with van der Waals surface area (Å²) in [5, 5.41) is 0. The third-order valence-electron chi connectivity index (χ3n) is 3.04. The molecule has 0 aromatic rings. The topological polar surface area (TPSA) is 49.9 Å². The van der Waals surface area contributed by atoms with E-state index in [9.17, 15) is 9.59 Å². The van der Waals surface area contributed by atoms with Gasteiger partial charge in [-0.15, -0.1) is 0 Å². The molecule has 2 rings (SSSR count). The highest BCUT2D eigenvalue weighted by Crippen LogP contribution is 2.19. The molecular weight excluding hydrogens is 208 g/mol. The molecule has 0 aromatic carbocycles. The van der Waals surface area contributed by atoms with Gasteiger partial charge >= 0.3 is 0 Å². The second-order valence-electron chi connectivity index (χ2n) is 4.08. The molecule has 2 heterocycles. The lowest BCUT2D eigenvalue weighted by atomic mass is 9.98. The van der Waals surface area contributed by atoms with Gasteiger partial charge in [-0.3, -0.25) is 9.59 Å². The summed E-state index contributed by atoms with van der Waals surface area (Å²) >= 11 is 0. The predicted octanol–water partition coefficient (Wildman–Crippen LogP) is -0.510. The van der Waals surface area contributed by atoms with Crippen molar-refractivity contribution in [1.82, 2.24) is 9.80 Å². The molecule has 2 saturated heterocycles. The molecule has 0 aliphatic carbocycles. The average molecular weight is 224 g/mol. The van der Waals surface area contributed by atoms with E-state index in [1.54, 1.807) is 4.90 Å². The minimum Gasteiger partial charge on any atom is -0.378 e. The molecular formula is C11H16N2O3. The third-order valence-corrected chi connectivity index (χ3v) is 3.04. The summed E-state index contributed by atoms with van der Waals surface area (Å²) in [7, 11) is 0. The number of morpholine rings is 1. The van der Waals surface area contributed by atoms with Crippen LogP contribution >= 0.6 is 0 Å². The second kappa shape index (κ2) is 4.65. The van der Waals surface area contributed by atoms with Crippen LogP contribution in [0.15, 0.2) is 12.7 Å². The molecule has 0 radical (unpaired) electrons. The molecule has 5 heteroatoms. The van der Waals surface area contributed by atoms with Crippen LogP contribution in [-0.2, 0) is 14.3 Å². The summed E-state index contributed by atoms with van der Waals surface area (Å²) in [6.07, 6.45) is 1.29. The smallest absolute Gasteiger partial charge is 0.246 e. The van der Waals surface area contributed by atoms with E-state index in [-0.39, 0.29) is 17.7 Å². The van der Waals surface area contributed by atoms with Gasteiger partial charge in [-0.05, 0) is 6.08 Å². The van der Waals surface area contributed by atoms with Gasteiger partial charge in [-0.25, -0.2) is 0 Å². The molecule has 2 aliphatic heterocycles. The number of carbonyl (C=O) groups is 2. The summed E-state index contributed by atoms with van der Waals surface area (Å²) < 4.78 is 5.19. The van der Waals surface area contributed by atoms with Crippen LogP contribution in [0.25, 0.3) is 0 Å². The van der Waals surface area contributed by atoms with Gasteiger partial charge in [-0.2, -0.15) is 0 Å². The SMILES string of the molecule is C=CC(=O)N1CC(C(=O)N2CCOCC2)C1. The molecule has 2 amide bonds. The van der Waals surface area contributed by atoms with Crippen molar-refractivity contribution in [3.63, 3.8) is 0 Å². The molecule has 0 saturated carbocycles. The van der Waals surface area contributed by atoms with Crippen molar-refractivity contribution in [3.8, 4) is 0 Å². The van der Waals surface area contributed by atoms with Crippen LogP contribution < -0.4 is 0 Å². The van der Waals surface area contributed by atoms with Gasteiger partial charge in [0.05, 0.1) is 19.1 Å². The van der Waals surface area contributed by atoms with Crippen LogP contribution in [0, 0.1) is 5.92 Å². The Balaban J connectivity index is 1.80. The van der Waals surface area contributed by atoms with Crippen molar-refractivity contribution < 1.29 is 14.3 Å². The minimum absolute atomic E-state index is 0.0259. The lowest BCUT2D eigenvalue weighted by molar-refractivity contribution is -0.149. The molecule has 0 atom stereocenters. The average Bonchev–Trinajstić information content (AvgIpc) is 2.27. The van der Waals surface area contributed by atoms with Crippen molar-refractivity contribution in [2.75, 3.05) is 39.4 Å². The van der Waals surface area contributed by atoms with Crippen LogP contribution in [0.1, 0.15) is 0 Å². The van der Waals surface area contributed by atoms with E-state index in [4.69, 9.17) is 4.74 Å². The Morgan fingerprint density at radius 2 is 1.81 bits per heavy atom. The fraction of sp³-hybridized carbons (Fsp3) is 0.636. The Bertz CT molecular complexity index is 304. The lowest BCUT2D eigenvalue weighted by Crippen LogP contribution is -2.57. The monoisotopic (exact) mass is 224 g/mol. The lowest BCUT2D eigenvalue weighted by Gasteiger charge is -2.40. The summed E-state index contributed by atoms with van der Waals surface area (Å²) in [4.78, 5) is 26.6. The van der Waals surface area contributed by atoms with Crippen molar-refractivity contribution in [2.45, 2.75) is 0 Å². The van der Waals surface area contributed by atoms with Gasteiger partial charge in [0.15, 0.2) is 0 Å². The first-order valence-corrected chi connectivity index (χ1v) is 5.50. The Hall–Kier alpha value is -1.36. The Kier molecular flexibility index (Phi) is 3.24. The number of amides is 2. The van der Waals surface area contributed by atoms with Crippen LogP contribution in [0.3, 0.4) is 0 Å². The Morgan fingerprint density at radius 1 is 1.19 bits per heavy atom. The van der Waals surface area contributed by atoms with Gasteiger partial charge in [0.2, 0.25) is 11.8 Å². The van der Waals surface area contributed by atoms with Crippen LogP contribution in [-0.4, -0.2) is 61.0 Å². The zero-order valence-electron chi connectivity index (χ0n) is 9.22. The fourth-order valence-corrected chi connectivity index (χ4v) is 1.99. The molecule has 88 valence electrons. The van der Waals surface area contributed by atoms with Crippen molar-refractivity contribution in [2.24, 2.45) is 5.92 Å². The van der Waals surface area contributed by atoms with E-state index < -0.39 is 0 Å². The summed E-state index contributed by atoms with van der Waals surface area (Å²) in [6, 6.07) is 0. The molecule has 2 aliphatic rings. The number of ether oxygens (including phenoxy) is 1. The number of likely N-dealkylation sites (tertiary alicyclic amines) is 1. The van der Waals surface area contributed by atoms with Gasteiger partial charge < -0.3 is 14.5 Å². The predicted molar refractivity (Wildman–Crippen MR) is 57.7 cm³/mol. The van der Waals surface area contributed by atoms with Crippen molar-refractivity contribution >= 4 is 11.8 Å². The van der Waals surface area contributed by atoms with E-state index in [1.807, 2.05) is 4.90 Å². The third kappa shape index (κ3) is 2.09. The van der Waals surface area contributed by atoms with E-state index in [2.05, 4.69) is 6.58 Å². The number of hydrogen-bond donors (Lipinski definition) is 0. The summed E-state index contributed by atoms with van der Waals surface area (Å²) in [5.74, 6) is 0.0319. The normalized spacial score (nSPS) is 21.5. The fourth-order valence-electron chi connectivity index (χ4n) is 1.99. The van der Waals surface area contributed by atoms with Crippen LogP contribution in [0.5, 0.6) is 0 Å². The first kappa shape index (κ1) is 11.1. The van der Waals surface area contributed by atoms with E-state index >= 15 is 0 Å². The quantitative estimate of drug-likeness (QED) is 0.594. The van der Waals surface area contributed by atoms with E-state index in [0.717, 1.165) is 0 Å². The molecule has 2 fully saturated rings. The van der Waals surface area contributed by atoms with Crippen LogP contribution in [0.4, 0.5) is 0 Å². The molecule has 0 bridgehead atoms. The molecule has 0 aromatic heterocycles. The maximum Gasteiger partial charge on any atom is 0.246 e. The first-order chi connectivity index (χ1) is 7.72. The van der Waals surface area contributed by atoms with Crippen molar-refractivity contribution in [1.29, 1.82) is 0 Å². The number of carbonyl (C=O) groups excluding carboxylic acids is 2. The molecule has 5 nitrogen and oxygen atoms in total. The van der Waals surface area contributed by atoms with E-state index in [1.165, 1.54) is 6.08 Å². The largest absolute Gasteiger partial charge is 0.378 e. The van der Waals surface area contributed by atoms with Gasteiger partial charge in [0.1, 0.15) is 0 Å². The maximum absolute atomic E-state index is 11.9. The highest BCUT2D eigenvalue weighted by atomic mass is 16.5. The standard InChI is InChI=1S/C11H16N2O3/c1-2-10(14)13-7-9(8-13)11(15)12-3-5-16-6-4-12/h2,9H,1,3-8H2. The number of hydrogen-bond acceptors (Lipinski definition) is 3. The summed E-state index contributed by atoms with van der Waals surface area (Å²) in [5.41, 5.74) is 0. The van der Waals surface area contributed by atoms with Crippen LogP contribution in [0.2, 0.25) is 0 Å². The molecule has 0 N–H and O–H groups in total. The molecule has 16 heavy (non-hydrogen) atoms.